The van der Waals surface area contributed by atoms with Crippen molar-refractivity contribution in [2.24, 2.45) is 5.92 Å². The SMILES string of the molecule is N#CC1([As]C(=O)c2cn(-c3cccc(-c4ccc(C5CC5C(=O)O)cc4)c3)c3ncccc3c2=O)CC1. The molecule has 2 heterocycles. The van der Waals surface area contributed by atoms with E-state index >= 15 is 0 Å². The summed E-state index contributed by atoms with van der Waals surface area (Å²) in [6, 6.07) is 21.3. The van der Waals surface area contributed by atoms with Gasteiger partial charge >= 0.3 is 197 Å². The second-order valence-corrected chi connectivity index (χ2v) is 12.8. The molecule has 0 saturated heterocycles. The molecule has 181 valence electrons. The van der Waals surface area contributed by atoms with Crippen LogP contribution in [0.15, 0.2) is 77.9 Å². The molecule has 1 radical (unpaired) electrons. The number of rotatable bonds is 7. The van der Waals surface area contributed by atoms with Crippen molar-refractivity contribution in [1.29, 1.82) is 5.26 Å². The Morgan fingerprint density at radius 1 is 1.08 bits per heavy atom. The van der Waals surface area contributed by atoms with Crippen LogP contribution >= 0.6 is 0 Å². The Morgan fingerprint density at radius 3 is 2.54 bits per heavy atom. The third-order valence-corrected chi connectivity index (χ3v) is 10.1. The van der Waals surface area contributed by atoms with E-state index in [1.165, 1.54) is 0 Å². The van der Waals surface area contributed by atoms with Crippen LogP contribution in [-0.4, -0.2) is 41.0 Å². The van der Waals surface area contributed by atoms with Crippen molar-refractivity contribution in [1.82, 2.24) is 9.55 Å². The van der Waals surface area contributed by atoms with Gasteiger partial charge in [0.25, 0.3) is 0 Å². The molecule has 2 saturated carbocycles. The number of hydrogen-bond donors (Lipinski definition) is 1. The number of benzene rings is 2. The summed E-state index contributed by atoms with van der Waals surface area (Å²) in [5.74, 6) is -0.966. The van der Waals surface area contributed by atoms with E-state index in [1.807, 2.05) is 48.5 Å². The predicted octanol–water partition coefficient (Wildman–Crippen LogP) is 4.56. The number of carboxylic acid groups (broad SMARTS) is 1. The van der Waals surface area contributed by atoms with E-state index in [0.29, 0.717) is 17.5 Å². The van der Waals surface area contributed by atoms with Gasteiger partial charge in [0.15, 0.2) is 0 Å². The topological polar surface area (TPSA) is 113 Å². The van der Waals surface area contributed by atoms with Gasteiger partial charge in [0.05, 0.1) is 5.92 Å². The zero-order chi connectivity index (χ0) is 25.7. The molecule has 6 rings (SSSR count). The molecule has 1 N–H and O–H groups in total. The van der Waals surface area contributed by atoms with Crippen LogP contribution in [0.3, 0.4) is 0 Å². The number of carbonyl (C=O) groups is 2. The Balaban J connectivity index is 1.38. The first-order chi connectivity index (χ1) is 17.9. The normalized spacial score (nSPS) is 19.5. The van der Waals surface area contributed by atoms with Crippen molar-refractivity contribution in [3.8, 4) is 22.9 Å². The second kappa shape index (κ2) is 8.83. The van der Waals surface area contributed by atoms with E-state index in [2.05, 4.69) is 11.1 Å². The number of pyridine rings is 2. The first-order valence-electron chi connectivity index (χ1n) is 12.0. The maximum atomic E-state index is 13.2. The zero-order valence-corrected chi connectivity index (χ0v) is 21.5. The van der Waals surface area contributed by atoms with Gasteiger partial charge in [-0.2, -0.15) is 0 Å². The van der Waals surface area contributed by atoms with Crippen LogP contribution < -0.4 is 5.43 Å². The van der Waals surface area contributed by atoms with Gasteiger partial charge in [-0.25, -0.2) is 0 Å². The Kier molecular flexibility index (Phi) is 5.58. The molecule has 0 amide bonds. The molecule has 0 bridgehead atoms. The number of carboxylic acids is 1. The number of hydrogen-bond acceptors (Lipinski definition) is 5. The van der Waals surface area contributed by atoms with Gasteiger partial charge in [-0.3, -0.25) is 4.79 Å². The van der Waals surface area contributed by atoms with Crippen molar-refractivity contribution >= 4 is 37.3 Å². The molecule has 2 aromatic carbocycles. The molecule has 2 aliphatic rings. The Hall–Kier alpha value is -4.01. The van der Waals surface area contributed by atoms with E-state index in [4.69, 9.17) is 0 Å². The third-order valence-electron chi connectivity index (χ3n) is 7.14. The number of nitriles is 1. The molecule has 2 unspecified atom stereocenters. The van der Waals surface area contributed by atoms with Crippen LogP contribution in [0.4, 0.5) is 0 Å². The van der Waals surface area contributed by atoms with E-state index < -0.39 is 25.9 Å². The fraction of sp³-hybridized carbons (Fsp3) is 0.207. The summed E-state index contributed by atoms with van der Waals surface area (Å²) in [7, 11) is 0. The average molecular weight is 550 g/mol. The first-order valence-corrected chi connectivity index (χ1v) is 13.9. The predicted molar refractivity (Wildman–Crippen MR) is 139 cm³/mol. The van der Waals surface area contributed by atoms with Gasteiger partial charge in [0.2, 0.25) is 0 Å². The van der Waals surface area contributed by atoms with Crippen LogP contribution in [0.1, 0.15) is 41.1 Å². The Bertz CT molecular complexity index is 1680. The van der Waals surface area contributed by atoms with Crippen molar-refractivity contribution < 1.29 is 14.7 Å². The molecule has 8 heteroatoms. The first kappa shape index (κ1) is 23.4. The van der Waals surface area contributed by atoms with Crippen LogP contribution in [0.25, 0.3) is 27.8 Å². The molecular weight excluding hydrogens is 529 g/mol. The standard InChI is InChI=1S/C29H21AsN3O4/c31-16-29(10-11-29)30-26(35)24-15-33(27-21(25(24)34)5-2-12-32-27)20-4-1-3-19(13-20)17-6-8-18(9-7-17)22-14-23(22)28(36)37/h1-9,12-13,15,22-23H,10-11,14H2,(H,36,37). The summed E-state index contributed by atoms with van der Waals surface area (Å²) < 4.78 is 0.994. The Morgan fingerprint density at radius 2 is 1.86 bits per heavy atom. The molecule has 4 aromatic rings. The molecular formula is C29H21AsN3O4. The van der Waals surface area contributed by atoms with Crippen molar-refractivity contribution in [3.05, 3.63) is 94.4 Å². The van der Waals surface area contributed by atoms with Gasteiger partial charge in [0.1, 0.15) is 0 Å². The molecule has 37 heavy (non-hydrogen) atoms. The van der Waals surface area contributed by atoms with Crippen LogP contribution in [-0.2, 0) is 4.79 Å². The van der Waals surface area contributed by atoms with Gasteiger partial charge in [-0.15, -0.1) is 0 Å². The summed E-state index contributed by atoms with van der Waals surface area (Å²) >= 11 is -0.960. The average Bonchev–Trinajstić information content (AvgIpc) is 3.85. The number of fused-ring (bicyclic) bond motifs is 1. The molecule has 2 aliphatic carbocycles. The minimum atomic E-state index is -0.960. The van der Waals surface area contributed by atoms with Gasteiger partial charge in [-0.1, -0.05) is 0 Å². The zero-order valence-electron chi connectivity index (χ0n) is 19.7. The van der Waals surface area contributed by atoms with Gasteiger partial charge in [-0.05, 0) is 6.42 Å². The van der Waals surface area contributed by atoms with Crippen molar-refractivity contribution in [2.75, 3.05) is 0 Å². The van der Waals surface area contributed by atoms with Crippen molar-refractivity contribution in [2.45, 2.75) is 29.4 Å². The van der Waals surface area contributed by atoms with Gasteiger partial charge < -0.3 is 5.11 Å². The maximum absolute atomic E-state index is 13.2. The van der Waals surface area contributed by atoms with Crippen LogP contribution in [0.5, 0.6) is 0 Å². The fourth-order valence-corrected chi connectivity index (χ4v) is 6.94. The minimum absolute atomic E-state index is 0.0747. The number of aromatic nitrogens is 2. The molecule has 2 atom stereocenters. The van der Waals surface area contributed by atoms with Gasteiger partial charge in [0, 0.05) is 0 Å². The quantitative estimate of drug-likeness (QED) is 0.338. The molecule has 2 fully saturated rings. The van der Waals surface area contributed by atoms with E-state index in [-0.39, 0.29) is 27.4 Å². The van der Waals surface area contributed by atoms with Crippen LogP contribution in [0.2, 0.25) is 4.20 Å². The van der Waals surface area contributed by atoms with E-state index in [9.17, 15) is 24.8 Å². The van der Waals surface area contributed by atoms with E-state index in [0.717, 1.165) is 35.2 Å². The summed E-state index contributed by atoms with van der Waals surface area (Å²) in [6.07, 6.45) is 5.30. The fourth-order valence-electron chi connectivity index (χ4n) is 4.73. The summed E-state index contributed by atoms with van der Waals surface area (Å²) in [5.41, 5.74) is 3.92. The summed E-state index contributed by atoms with van der Waals surface area (Å²) in [6.45, 7) is 0. The van der Waals surface area contributed by atoms with E-state index in [1.54, 1.807) is 29.1 Å². The number of nitrogens with zero attached hydrogens (tertiary/aromatic N) is 3. The van der Waals surface area contributed by atoms with Crippen molar-refractivity contribution in [3.63, 3.8) is 0 Å². The monoisotopic (exact) mass is 550 g/mol. The molecule has 0 aliphatic heterocycles. The molecule has 7 nitrogen and oxygen atoms in total. The second-order valence-electron chi connectivity index (χ2n) is 9.64. The summed E-state index contributed by atoms with van der Waals surface area (Å²) in [5, 5.41) is 19.0. The molecule has 0 spiro atoms. The molecule has 2 aromatic heterocycles. The Labute approximate surface area is 219 Å². The third kappa shape index (κ3) is 4.28. The summed E-state index contributed by atoms with van der Waals surface area (Å²) in [4.78, 5) is 42.0. The number of carbonyl (C=O) groups excluding carboxylic acids is 1. The van der Waals surface area contributed by atoms with Crippen LogP contribution in [0, 0.1) is 17.2 Å². The number of aliphatic carboxylic acids is 1.